The molecule has 0 spiro atoms. The summed E-state index contributed by atoms with van der Waals surface area (Å²) in [4.78, 5) is 29.2. The predicted octanol–water partition coefficient (Wildman–Crippen LogP) is 5.42. The molecule has 2 aromatic carbocycles. The fourth-order valence-corrected chi connectivity index (χ4v) is 3.99. The minimum atomic E-state index is -0.302. The average Bonchev–Trinajstić information content (AvgIpc) is 3.16. The van der Waals surface area contributed by atoms with E-state index in [4.69, 9.17) is 0 Å². The predicted molar refractivity (Wildman–Crippen MR) is 117 cm³/mol. The van der Waals surface area contributed by atoms with Crippen molar-refractivity contribution in [3.63, 3.8) is 0 Å². The summed E-state index contributed by atoms with van der Waals surface area (Å²) in [6, 6.07) is 13.5. The maximum absolute atomic E-state index is 13.0. The molecule has 2 N–H and O–H groups in total. The van der Waals surface area contributed by atoms with Crippen molar-refractivity contribution in [3.8, 4) is 11.3 Å². The summed E-state index contributed by atoms with van der Waals surface area (Å²) < 4.78 is 13.0. The summed E-state index contributed by atoms with van der Waals surface area (Å²) in [6.07, 6.45) is 1.27. The van der Waals surface area contributed by atoms with Gasteiger partial charge in [0.25, 0.3) is 0 Å². The largest absolute Gasteiger partial charge is 0.326 e. The van der Waals surface area contributed by atoms with Crippen LogP contribution in [0.5, 0.6) is 0 Å². The molecule has 1 heterocycles. The average molecular weight is 430 g/mol. The van der Waals surface area contributed by atoms with E-state index in [0.717, 1.165) is 22.6 Å². The summed E-state index contributed by atoms with van der Waals surface area (Å²) in [6.45, 7) is 1.95. The number of thiazole rings is 1. The van der Waals surface area contributed by atoms with Crippen molar-refractivity contribution < 1.29 is 14.0 Å². The second kappa shape index (κ2) is 10.2. The van der Waals surface area contributed by atoms with Gasteiger partial charge in [-0.2, -0.15) is 0 Å². The van der Waals surface area contributed by atoms with Gasteiger partial charge in [-0.3, -0.25) is 9.59 Å². The molecule has 0 bridgehead atoms. The fourth-order valence-electron chi connectivity index (χ4n) is 2.50. The number of amides is 2. The Balaban J connectivity index is 1.53. The first-order valence-corrected chi connectivity index (χ1v) is 10.9. The molecular formula is C21H20FN3O2S2. The van der Waals surface area contributed by atoms with Gasteiger partial charge >= 0.3 is 0 Å². The first kappa shape index (κ1) is 21.0. The lowest BCUT2D eigenvalue weighted by molar-refractivity contribution is -0.116. The van der Waals surface area contributed by atoms with E-state index < -0.39 is 0 Å². The van der Waals surface area contributed by atoms with E-state index in [2.05, 4.69) is 15.6 Å². The fraction of sp³-hybridized carbons (Fsp3) is 0.190. The van der Waals surface area contributed by atoms with Gasteiger partial charge in [-0.1, -0.05) is 13.0 Å². The van der Waals surface area contributed by atoms with E-state index in [0.29, 0.717) is 17.2 Å². The summed E-state index contributed by atoms with van der Waals surface area (Å²) in [5.41, 5.74) is 2.20. The lowest BCUT2D eigenvalue weighted by Gasteiger charge is -2.07. The van der Waals surface area contributed by atoms with Gasteiger partial charge in [0.2, 0.25) is 11.8 Å². The minimum Gasteiger partial charge on any atom is -0.326 e. The summed E-state index contributed by atoms with van der Waals surface area (Å²) in [5.74, 6) is -0.273. The molecule has 0 saturated heterocycles. The van der Waals surface area contributed by atoms with Gasteiger partial charge < -0.3 is 10.6 Å². The third-order valence-electron chi connectivity index (χ3n) is 3.86. The van der Waals surface area contributed by atoms with Gasteiger partial charge in [-0.25, -0.2) is 9.37 Å². The molecule has 29 heavy (non-hydrogen) atoms. The third kappa shape index (κ3) is 6.40. The SMILES string of the molecule is CCCC(=O)Nc1cccc(SCC(=O)Nc2nc(-c3ccc(F)cc3)cs2)c1. The molecule has 2 amide bonds. The number of thioether (sulfide) groups is 1. The minimum absolute atomic E-state index is 0.0203. The monoisotopic (exact) mass is 429 g/mol. The van der Waals surface area contributed by atoms with Crippen LogP contribution in [0.3, 0.4) is 0 Å². The smallest absolute Gasteiger partial charge is 0.236 e. The van der Waals surface area contributed by atoms with Crippen molar-refractivity contribution in [1.29, 1.82) is 0 Å². The zero-order chi connectivity index (χ0) is 20.6. The van der Waals surface area contributed by atoms with Gasteiger partial charge in [0.15, 0.2) is 5.13 Å². The standard InChI is InChI=1S/C21H20FN3O2S2/c1-2-4-19(26)23-16-5-3-6-17(11-16)28-13-20(27)25-21-24-18(12-29-21)14-7-9-15(22)10-8-14/h3,5-12H,2,4,13H2,1H3,(H,23,26)(H,24,25,27). The number of rotatable bonds is 8. The van der Waals surface area contributed by atoms with E-state index in [-0.39, 0.29) is 23.4 Å². The van der Waals surface area contributed by atoms with Gasteiger partial charge in [0.05, 0.1) is 11.4 Å². The molecule has 1 aromatic heterocycles. The molecule has 5 nitrogen and oxygen atoms in total. The molecule has 0 aliphatic rings. The molecule has 0 radical (unpaired) electrons. The lowest BCUT2D eigenvalue weighted by atomic mass is 10.2. The van der Waals surface area contributed by atoms with Crippen LogP contribution in [0, 0.1) is 5.82 Å². The molecule has 0 fully saturated rings. The molecule has 3 rings (SSSR count). The number of carbonyl (C=O) groups excluding carboxylic acids is 2. The summed E-state index contributed by atoms with van der Waals surface area (Å²) in [5, 5.41) is 7.94. The zero-order valence-corrected chi connectivity index (χ0v) is 17.4. The van der Waals surface area contributed by atoms with E-state index in [1.165, 1.54) is 35.2 Å². The summed E-state index contributed by atoms with van der Waals surface area (Å²) >= 11 is 2.70. The number of nitrogens with one attached hydrogen (secondary N) is 2. The molecule has 0 atom stereocenters. The summed E-state index contributed by atoms with van der Waals surface area (Å²) in [7, 11) is 0. The maximum Gasteiger partial charge on any atom is 0.236 e. The number of anilines is 2. The third-order valence-corrected chi connectivity index (χ3v) is 5.61. The van der Waals surface area contributed by atoms with Crippen molar-refractivity contribution in [2.75, 3.05) is 16.4 Å². The van der Waals surface area contributed by atoms with E-state index in [1.807, 2.05) is 36.6 Å². The van der Waals surface area contributed by atoms with Crippen LogP contribution in [0.25, 0.3) is 11.3 Å². The Bertz CT molecular complexity index is 990. The van der Waals surface area contributed by atoms with Crippen LogP contribution in [-0.2, 0) is 9.59 Å². The molecular weight excluding hydrogens is 409 g/mol. The van der Waals surface area contributed by atoms with Crippen LogP contribution in [0.4, 0.5) is 15.2 Å². The number of halogens is 1. The van der Waals surface area contributed by atoms with Gasteiger partial charge in [0.1, 0.15) is 5.82 Å². The Morgan fingerprint density at radius 2 is 1.90 bits per heavy atom. The van der Waals surface area contributed by atoms with Crippen LogP contribution in [0.1, 0.15) is 19.8 Å². The van der Waals surface area contributed by atoms with Crippen LogP contribution in [-0.4, -0.2) is 22.6 Å². The number of carbonyl (C=O) groups is 2. The molecule has 0 unspecified atom stereocenters. The highest BCUT2D eigenvalue weighted by atomic mass is 32.2. The van der Waals surface area contributed by atoms with Gasteiger partial charge in [-0.05, 0) is 48.9 Å². The normalized spacial score (nSPS) is 10.6. The van der Waals surface area contributed by atoms with E-state index in [1.54, 1.807) is 12.1 Å². The molecule has 8 heteroatoms. The molecule has 150 valence electrons. The molecule has 0 aliphatic carbocycles. The second-order valence-electron chi connectivity index (χ2n) is 6.21. The van der Waals surface area contributed by atoms with Crippen LogP contribution < -0.4 is 10.6 Å². The highest BCUT2D eigenvalue weighted by Crippen LogP contribution is 2.26. The Kier molecular flexibility index (Phi) is 7.37. The van der Waals surface area contributed by atoms with E-state index in [9.17, 15) is 14.0 Å². The van der Waals surface area contributed by atoms with Crippen LogP contribution in [0.2, 0.25) is 0 Å². The van der Waals surface area contributed by atoms with Gasteiger partial charge in [0, 0.05) is 27.9 Å². The van der Waals surface area contributed by atoms with Crippen molar-refractivity contribution in [2.24, 2.45) is 0 Å². The van der Waals surface area contributed by atoms with Crippen molar-refractivity contribution in [2.45, 2.75) is 24.7 Å². The van der Waals surface area contributed by atoms with E-state index >= 15 is 0 Å². The van der Waals surface area contributed by atoms with Crippen molar-refractivity contribution >= 4 is 45.7 Å². The molecule has 0 aliphatic heterocycles. The van der Waals surface area contributed by atoms with Crippen molar-refractivity contribution in [3.05, 3.63) is 59.7 Å². The Labute approximate surface area is 176 Å². The molecule has 0 saturated carbocycles. The first-order valence-electron chi connectivity index (χ1n) is 9.07. The Morgan fingerprint density at radius 3 is 2.66 bits per heavy atom. The number of hydrogen-bond acceptors (Lipinski definition) is 5. The Morgan fingerprint density at radius 1 is 1.10 bits per heavy atom. The number of aromatic nitrogens is 1. The number of hydrogen-bond donors (Lipinski definition) is 2. The first-order chi connectivity index (χ1) is 14.0. The van der Waals surface area contributed by atoms with Crippen LogP contribution >= 0.6 is 23.1 Å². The number of nitrogens with zero attached hydrogens (tertiary/aromatic N) is 1. The highest BCUT2D eigenvalue weighted by Gasteiger charge is 2.09. The highest BCUT2D eigenvalue weighted by molar-refractivity contribution is 8.00. The van der Waals surface area contributed by atoms with Crippen molar-refractivity contribution in [1.82, 2.24) is 4.98 Å². The van der Waals surface area contributed by atoms with Crippen LogP contribution in [0.15, 0.2) is 58.8 Å². The Hall–Kier alpha value is -2.71. The second-order valence-corrected chi connectivity index (χ2v) is 8.11. The quantitative estimate of drug-likeness (QED) is 0.469. The lowest BCUT2D eigenvalue weighted by Crippen LogP contribution is -2.14. The topological polar surface area (TPSA) is 71.1 Å². The zero-order valence-electron chi connectivity index (χ0n) is 15.8. The molecule has 3 aromatic rings. The number of benzene rings is 2. The maximum atomic E-state index is 13.0. The van der Waals surface area contributed by atoms with Gasteiger partial charge in [-0.15, -0.1) is 23.1 Å².